The van der Waals surface area contributed by atoms with E-state index in [1.54, 1.807) is 7.11 Å². The van der Waals surface area contributed by atoms with Gasteiger partial charge in [-0.15, -0.1) is 0 Å². The quantitative estimate of drug-likeness (QED) is 0.843. The summed E-state index contributed by atoms with van der Waals surface area (Å²) in [6, 6.07) is 3.11. The minimum absolute atomic E-state index is 0.301. The molecule has 1 aromatic rings. The Labute approximate surface area is 107 Å². The Hall–Kier alpha value is -1.00. The molecule has 1 atom stereocenters. The molecule has 0 aliphatic rings. The molecule has 0 amide bonds. The van der Waals surface area contributed by atoms with Gasteiger partial charge in [0, 0.05) is 12.7 Å². The summed E-state index contributed by atoms with van der Waals surface area (Å²) in [7, 11) is 1.57. The fourth-order valence-corrected chi connectivity index (χ4v) is 1.87. The lowest BCUT2D eigenvalue weighted by Gasteiger charge is -2.34. The van der Waals surface area contributed by atoms with Crippen molar-refractivity contribution in [2.24, 2.45) is 0 Å². The summed E-state index contributed by atoms with van der Waals surface area (Å²) in [4.78, 5) is 0. The molecule has 0 aliphatic carbocycles. The zero-order chi connectivity index (χ0) is 13.8. The van der Waals surface area contributed by atoms with Gasteiger partial charge in [0.25, 0.3) is 0 Å². The molecular weight excluding hydrogens is 236 g/mol. The smallest absolute Gasteiger partial charge is 0.128 e. The average Bonchev–Trinajstić information content (AvgIpc) is 2.33. The molecule has 0 heterocycles. The predicted octanol–water partition coefficient (Wildman–Crippen LogP) is 3.43. The molecule has 0 spiro atoms. The lowest BCUT2D eigenvalue weighted by molar-refractivity contribution is -0.0120. The van der Waals surface area contributed by atoms with Gasteiger partial charge in [0.05, 0.1) is 11.6 Å². The van der Waals surface area contributed by atoms with Gasteiger partial charge in [-0.2, -0.15) is 0 Å². The number of rotatable bonds is 6. The van der Waals surface area contributed by atoms with E-state index in [0.29, 0.717) is 12.1 Å². The molecule has 1 aromatic carbocycles. The molecule has 4 heteroatoms. The summed E-state index contributed by atoms with van der Waals surface area (Å²) in [6.07, 6.45) is 0.910. The maximum atomic E-state index is 13.9. The first-order valence-corrected chi connectivity index (χ1v) is 6.16. The molecule has 1 rings (SSSR count). The summed E-state index contributed by atoms with van der Waals surface area (Å²) in [5, 5.41) is 3.21. The van der Waals surface area contributed by atoms with E-state index < -0.39 is 23.3 Å². The Bertz CT molecular complexity index is 393. The van der Waals surface area contributed by atoms with Crippen molar-refractivity contribution in [1.29, 1.82) is 0 Å². The van der Waals surface area contributed by atoms with E-state index in [2.05, 4.69) is 5.32 Å². The highest BCUT2D eigenvalue weighted by atomic mass is 19.1. The third kappa shape index (κ3) is 3.50. The van der Waals surface area contributed by atoms with Crippen molar-refractivity contribution in [1.82, 2.24) is 5.32 Å². The first-order valence-electron chi connectivity index (χ1n) is 6.16. The van der Waals surface area contributed by atoms with Crippen LogP contribution in [0.4, 0.5) is 8.78 Å². The molecule has 0 aliphatic heterocycles. The molecule has 102 valence electrons. The number of benzene rings is 1. The van der Waals surface area contributed by atoms with Crippen molar-refractivity contribution in [3.8, 4) is 0 Å². The lowest BCUT2D eigenvalue weighted by Crippen LogP contribution is -2.41. The SMILES string of the molecule is CCCNC(c1cc(F)ccc1F)C(C)(C)OC. The second kappa shape index (κ2) is 6.25. The molecule has 0 radical (unpaired) electrons. The van der Waals surface area contributed by atoms with Gasteiger partial charge in [-0.3, -0.25) is 0 Å². The second-order valence-corrected chi connectivity index (χ2v) is 4.86. The van der Waals surface area contributed by atoms with E-state index in [1.807, 2.05) is 20.8 Å². The minimum atomic E-state index is -0.621. The molecule has 0 saturated heterocycles. The largest absolute Gasteiger partial charge is 0.377 e. The minimum Gasteiger partial charge on any atom is -0.377 e. The van der Waals surface area contributed by atoms with E-state index >= 15 is 0 Å². The standard InChI is InChI=1S/C14H21F2NO/c1-5-8-17-13(14(2,3)18-4)11-9-10(15)6-7-12(11)16/h6-7,9,13,17H,5,8H2,1-4H3. The van der Waals surface area contributed by atoms with E-state index in [-0.39, 0.29) is 0 Å². The van der Waals surface area contributed by atoms with Crippen molar-refractivity contribution in [3.63, 3.8) is 0 Å². The normalized spacial score (nSPS) is 13.7. The van der Waals surface area contributed by atoms with Gasteiger partial charge in [-0.05, 0) is 45.0 Å². The van der Waals surface area contributed by atoms with Crippen molar-refractivity contribution >= 4 is 0 Å². The Morgan fingerprint density at radius 3 is 2.56 bits per heavy atom. The number of hydrogen-bond acceptors (Lipinski definition) is 2. The van der Waals surface area contributed by atoms with E-state index in [9.17, 15) is 8.78 Å². The third-order valence-corrected chi connectivity index (χ3v) is 3.09. The van der Waals surface area contributed by atoms with Crippen LogP contribution in [-0.2, 0) is 4.74 Å². The molecule has 0 saturated carbocycles. The van der Waals surface area contributed by atoms with Gasteiger partial charge in [-0.1, -0.05) is 6.92 Å². The number of nitrogens with one attached hydrogen (secondary N) is 1. The first-order chi connectivity index (χ1) is 8.42. The fourth-order valence-electron chi connectivity index (χ4n) is 1.87. The van der Waals surface area contributed by atoms with Crippen LogP contribution < -0.4 is 5.32 Å². The van der Waals surface area contributed by atoms with Crippen molar-refractivity contribution in [2.75, 3.05) is 13.7 Å². The topological polar surface area (TPSA) is 21.3 Å². The third-order valence-electron chi connectivity index (χ3n) is 3.09. The zero-order valence-corrected chi connectivity index (χ0v) is 11.4. The number of hydrogen-bond donors (Lipinski definition) is 1. The second-order valence-electron chi connectivity index (χ2n) is 4.86. The first kappa shape index (κ1) is 15.1. The summed E-state index contributed by atoms with van der Waals surface area (Å²) in [6.45, 7) is 6.44. The molecule has 0 fully saturated rings. The Morgan fingerprint density at radius 2 is 2.00 bits per heavy atom. The van der Waals surface area contributed by atoms with E-state index in [1.165, 1.54) is 6.07 Å². The Morgan fingerprint density at radius 1 is 1.33 bits per heavy atom. The van der Waals surface area contributed by atoms with Crippen LogP contribution in [0.1, 0.15) is 38.8 Å². The highest BCUT2D eigenvalue weighted by molar-refractivity contribution is 5.24. The van der Waals surface area contributed by atoms with Crippen LogP contribution in [0.15, 0.2) is 18.2 Å². The monoisotopic (exact) mass is 257 g/mol. The lowest BCUT2D eigenvalue weighted by atomic mass is 9.91. The van der Waals surface area contributed by atoms with Crippen molar-refractivity contribution < 1.29 is 13.5 Å². The fraction of sp³-hybridized carbons (Fsp3) is 0.571. The molecule has 0 bridgehead atoms. The number of methoxy groups -OCH3 is 1. The molecule has 1 unspecified atom stereocenters. The van der Waals surface area contributed by atoms with Gasteiger partial charge in [0.1, 0.15) is 11.6 Å². The van der Waals surface area contributed by atoms with Crippen LogP contribution in [0.25, 0.3) is 0 Å². The Balaban J connectivity index is 3.12. The van der Waals surface area contributed by atoms with E-state index in [0.717, 1.165) is 18.6 Å². The van der Waals surface area contributed by atoms with E-state index in [4.69, 9.17) is 4.74 Å². The summed E-state index contributed by atoms with van der Waals surface area (Å²) >= 11 is 0. The molecule has 0 aromatic heterocycles. The summed E-state index contributed by atoms with van der Waals surface area (Å²) in [5.41, 5.74) is -0.320. The van der Waals surface area contributed by atoms with Crippen LogP contribution in [0.2, 0.25) is 0 Å². The highest BCUT2D eigenvalue weighted by Gasteiger charge is 2.32. The van der Waals surface area contributed by atoms with Gasteiger partial charge in [0.2, 0.25) is 0 Å². The molecule has 18 heavy (non-hydrogen) atoms. The molecular formula is C14H21F2NO. The van der Waals surface area contributed by atoms with Crippen LogP contribution in [0, 0.1) is 11.6 Å². The molecule has 1 N–H and O–H groups in total. The van der Waals surface area contributed by atoms with Gasteiger partial charge >= 0.3 is 0 Å². The van der Waals surface area contributed by atoms with Crippen molar-refractivity contribution in [3.05, 3.63) is 35.4 Å². The number of halogens is 2. The van der Waals surface area contributed by atoms with Crippen LogP contribution >= 0.6 is 0 Å². The van der Waals surface area contributed by atoms with Gasteiger partial charge < -0.3 is 10.1 Å². The van der Waals surface area contributed by atoms with Crippen LogP contribution in [0.3, 0.4) is 0 Å². The highest BCUT2D eigenvalue weighted by Crippen LogP contribution is 2.30. The van der Waals surface area contributed by atoms with Gasteiger partial charge in [0.15, 0.2) is 0 Å². The number of ether oxygens (including phenoxy) is 1. The zero-order valence-electron chi connectivity index (χ0n) is 11.4. The maximum absolute atomic E-state index is 13.9. The maximum Gasteiger partial charge on any atom is 0.128 e. The van der Waals surface area contributed by atoms with Crippen LogP contribution in [0.5, 0.6) is 0 Å². The average molecular weight is 257 g/mol. The summed E-state index contributed by atoms with van der Waals surface area (Å²) in [5.74, 6) is -0.864. The predicted molar refractivity (Wildman–Crippen MR) is 68.5 cm³/mol. The van der Waals surface area contributed by atoms with Gasteiger partial charge in [-0.25, -0.2) is 8.78 Å². The molecule has 2 nitrogen and oxygen atoms in total. The Kier molecular flexibility index (Phi) is 5.23. The van der Waals surface area contributed by atoms with Crippen LogP contribution in [-0.4, -0.2) is 19.3 Å². The van der Waals surface area contributed by atoms with Crippen molar-refractivity contribution in [2.45, 2.75) is 38.8 Å². The summed E-state index contributed by atoms with van der Waals surface area (Å²) < 4.78 is 32.5.